The van der Waals surface area contributed by atoms with Gasteiger partial charge in [0, 0.05) is 17.9 Å². The minimum atomic E-state index is -0.0136. The maximum absolute atomic E-state index is 5.58. The van der Waals surface area contributed by atoms with E-state index in [1.54, 1.807) is 0 Å². The number of nitrogens with one attached hydrogen (secondary N) is 1. The second kappa shape index (κ2) is 6.80. The molecule has 0 rings (SSSR count). The number of halogens is 1. The molecule has 0 fully saturated rings. The molecule has 0 spiro atoms. The third-order valence-electron chi connectivity index (χ3n) is 1.67. The van der Waals surface area contributed by atoms with Crippen molar-refractivity contribution in [2.45, 2.75) is 45.8 Å². The third-order valence-corrected chi connectivity index (χ3v) is 2.13. The molecule has 0 amide bonds. The van der Waals surface area contributed by atoms with Gasteiger partial charge >= 0.3 is 0 Å². The number of alkyl halides is 1. The lowest BCUT2D eigenvalue weighted by Gasteiger charge is -2.20. The lowest BCUT2D eigenvalue weighted by molar-refractivity contribution is -0.00149. The molecule has 13 heavy (non-hydrogen) atoms. The summed E-state index contributed by atoms with van der Waals surface area (Å²) in [4.78, 5) is 0. The standard InChI is InChI=1S/C10H22BrNO/c1-9(5-6-11)12-7-8-13-10(2,3)4/h9,12H,5-8H2,1-4H3. The van der Waals surface area contributed by atoms with E-state index in [-0.39, 0.29) is 5.60 Å². The van der Waals surface area contributed by atoms with E-state index in [0.717, 1.165) is 24.9 Å². The molecule has 3 heteroatoms. The molecule has 0 saturated heterocycles. The molecule has 0 bridgehead atoms. The Bertz CT molecular complexity index is 123. The van der Waals surface area contributed by atoms with E-state index in [1.165, 1.54) is 0 Å². The van der Waals surface area contributed by atoms with E-state index in [2.05, 4.69) is 48.9 Å². The molecular formula is C10H22BrNO. The SMILES string of the molecule is CC(CCBr)NCCOC(C)(C)C. The molecule has 0 aromatic heterocycles. The molecule has 0 aliphatic carbocycles. The molecule has 0 aliphatic heterocycles. The Morgan fingerprint density at radius 2 is 2.00 bits per heavy atom. The zero-order valence-corrected chi connectivity index (χ0v) is 10.8. The fourth-order valence-electron chi connectivity index (χ4n) is 0.928. The van der Waals surface area contributed by atoms with Gasteiger partial charge in [-0.2, -0.15) is 0 Å². The van der Waals surface area contributed by atoms with Gasteiger partial charge in [-0.25, -0.2) is 0 Å². The van der Waals surface area contributed by atoms with Crippen LogP contribution in [-0.4, -0.2) is 30.1 Å². The average Bonchev–Trinajstić information content (AvgIpc) is 1.97. The van der Waals surface area contributed by atoms with Crippen molar-refractivity contribution in [3.63, 3.8) is 0 Å². The maximum atomic E-state index is 5.58. The zero-order valence-electron chi connectivity index (χ0n) is 9.19. The summed E-state index contributed by atoms with van der Waals surface area (Å²) in [5.74, 6) is 0. The minimum absolute atomic E-state index is 0.0136. The molecule has 80 valence electrons. The van der Waals surface area contributed by atoms with Gasteiger partial charge in [-0.3, -0.25) is 0 Å². The minimum Gasteiger partial charge on any atom is -0.375 e. The van der Waals surface area contributed by atoms with Crippen LogP contribution in [0.5, 0.6) is 0 Å². The fourth-order valence-corrected chi connectivity index (χ4v) is 1.62. The lowest BCUT2D eigenvalue weighted by Crippen LogP contribution is -2.32. The van der Waals surface area contributed by atoms with Crippen molar-refractivity contribution in [2.75, 3.05) is 18.5 Å². The lowest BCUT2D eigenvalue weighted by atomic mass is 10.2. The first-order valence-corrected chi connectivity index (χ1v) is 6.01. The number of hydrogen-bond donors (Lipinski definition) is 1. The first kappa shape index (κ1) is 13.4. The van der Waals surface area contributed by atoms with Crippen LogP contribution >= 0.6 is 15.9 Å². The second-order valence-corrected chi connectivity index (χ2v) is 5.09. The van der Waals surface area contributed by atoms with Crippen LogP contribution in [0.3, 0.4) is 0 Å². The average molecular weight is 252 g/mol. The highest BCUT2D eigenvalue weighted by Crippen LogP contribution is 2.05. The van der Waals surface area contributed by atoms with Crippen molar-refractivity contribution in [1.82, 2.24) is 5.32 Å². The highest BCUT2D eigenvalue weighted by molar-refractivity contribution is 9.09. The summed E-state index contributed by atoms with van der Waals surface area (Å²) in [6.45, 7) is 10.2. The van der Waals surface area contributed by atoms with Crippen molar-refractivity contribution in [3.05, 3.63) is 0 Å². The Labute approximate surface area is 90.6 Å². The van der Waals surface area contributed by atoms with Gasteiger partial charge in [-0.1, -0.05) is 15.9 Å². The van der Waals surface area contributed by atoms with Crippen LogP contribution in [0.25, 0.3) is 0 Å². The molecule has 1 atom stereocenters. The van der Waals surface area contributed by atoms with E-state index >= 15 is 0 Å². The van der Waals surface area contributed by atoms with E-state index in [9.17, 15) is 0 Å². The summed E-state index contributed by atoms with van der Waals surface area (Å²) in [7, 11) is 0. The smallest absolute Gasteiger partial charge is 0.0599 e. The summed E-state index contributed by atoms with van der Waals surface area (Å²) in [6.07, 6.45) is 1.16. The van der Waals surface area contributed by atoms with Gasteiger partial charge in [0.25, 0.3) is 0 Å². The van der Waals surface area contributed by atoms with Gasteiger partial charge in [0.1, 0.15) is 0 Å². The Balaban J connectivity index is 3.25. The molecule has 1 N–H and O–H groups in total. The van der Waals surface area contributed by atoms with Gasteiger partial charge in [0.05, 0.1) is 12.2 Å². The second-order valence-electron chi connectivity index (χ2n) is 4.29. The molecule has 0 aromatic rings. The first-order chi connectivity index (χ1) is 5.95. The summed E-state index contributed by atoms with van der Waals surface area (Å²) in [5.41, 5.74) is -0.0136. The molecule has 0 heterocycles. The van der Waals surface area contributed by atoms with Crippen LogP contribution < -0.4 is 5.32 Å². The molecular weight excluding hydrogens is 230 g/mol. The number of ether oxygens (including phenoxy) is 1. The predicted octanol–water partition coefficient (Wildman–Crippen LogP) is 2.56. The van der Waals surface area contributed by atoms with Gasteiger partial charge in [0.15, 0.2) is 0 Å². The fraction of sp³-hybridized carbons (Fsp3) is 1.00. The van der Waals surface area contributed by atoms with Crippen LogP contribution in [0.4, 0.5) is 0 Å². The van der Waals surface area contributed by atoms with E-state index in [1.807, 2.05) is 0 Å². The predicted molar refractivity (Wildman–Crippen MR) is 61.6 cm³/mol. The Morgan fingerprint density at radius 1 is 1.38 bits per heavy atom. The summed E-state index contributed by atoms with van der Waals surface area (Å²) in [6, 6.07) is 0.572. The molecule has 2 nitrogen and oxygen atoms in total. The highest BCUT2D eigenvalue weighted by atomic mass is 79.9. The van der Waals surface area contributed by atoms with Crippen LogP contribution in [0.1, 0.15) is 34.1 Å². The summed E-state index contributed by atoms with van der Waals surface area (Å²) >= 11 is 3.42. The third kappa shape index (κ3) is 10.3. The topological polar surface area (TPSA) is 21.3 Å². The molecule has 0 aliphatic rings. The molecule has 0 saturated carbocycles. The maximum Gasteiger partial charge on any atom is 0.0599 e. The van der Waals surface area contributed by atoms with Crippen molar-refractivity contribution < 1.29 is 4.74 Å². The number of hydrogen-bond acceptors (Lipinski definition) is 2. The van der Waals surface area contributed by atoms with E-state index in [4.69, 9.17) is 4.74 Å². The van der Waals surface area contributed by atoms with Crippen molar-refractivity contribution in [2.24, 2.45) is 0 Å². The van der Waals surface area contributed by atoms with Crippen LogP contribution in [0.15, 0.2) is 0 Å². The van der Waals surface area contributed by atoms with Gasteiger partial charge in [-0.15, -0.1) is 0 Å². The van der Waals surface area contributed by atoms with Crippen molar-refractivity contribution >= 4 is 15.9 Å². The number of rotatable bonds is 6. The molecule has 0 aromatic carbocycles. The molecule has 1 unspecified atom stereocenters. The normalized spacial score (nSPS) is 14.5. The monoisotopic (exact) mass is 251 g/mol. The van der Waals surface area contributed by atoms with Crippen molar-refractivity contribution in [1.29, 1.82) is 0 Å². The van der Waals surface area contributed by atoms with E-state index in [0.29, 0.717) is 6.04 Å². The summed E-state index contributed by atoms with van der Waals surface area (Å²) < 4.78 is 5.58. The Kier molecular flexibility index (Phi) is 7.00. The zero-order chi connectivity index (χ0) is 10.3. The van der Waals surface area contributed by atoms with E-state index < -0.39 is 0 Å². The van der Waals surface area contributed by atoms with Crippen LogP contribution in [-0.2, 0) is 4.74 Å². The summed E-state index contributed by atoms with van der Waals surface area (Å²) in [5, 5.41) is 4.46. The van der Waals surface area contributed by atoms with Crippen LogP contribution in [0, 0.1) is 0 Å². The van der Waals surface area contributed by atoms with Crippen LogP contribution in [0.2, 0.25) is 0 Å². The highest BCUT2D eigenvalue weighted by Gasteiger charge is 2.09. The first-order valence-electron chi connectivity index (χ1n) is 4.89. The van der Waals surface area contributed by atoms with Gasteiger partial charge in [0.2, 0.25) is 0 Å². The largest absolute Gasteiger partial charge is 0.375 e. The van der Waals surface area contributed by atoms with Crippen molar-refractivity contribution in [3.8, 4) is 0 Å². The van der Waals surface area contributed by atoms with Gasteiger partial charge in [-0.05, 0) is 34.1 Å². The quantitative estimate of drug-likeness (QED) is 0.579. The Hall–Kier alpha value is 0.400. The Morgan fingerprint density at radius 3 is 2.46 bits per heavy atom. The molecule has 0 radical (unpaired) electrons. The van der Waals surface area contributed by atoms with Gasteiger partial charge < -0.3 is 10.1 Å².